The zero-order chi connectivity index (χ0) is 13.7. The monoisotopic (exact) mass is 328 g/mol. The van der Waals surface area contributed by atoms with Crippen LogP contribution < -0.4 is 5.32 Å². The van der Waals surface area contributed by atoms with Gasteiger partial charge in [-0.3, -0.25) is 4.90 Å². The number of benzene rings is 1. The highest BCUT2D eigenvalue weighted by Crippen LogP contribution is 2.31. The molecular formula is C15H22BrFN2. The molecule has 1 aromatic carbocycles. The fraction of sp³-hybridized carbons (Fsp3) is 0.600. The molecule has 0 aromatic heterocycles. The Labute approximate surface area is 123 Å². The van der Waals surface area contributed by atoms with Crippen LogP contribution in [-0.4, -0.2) is 31.1 Å². The van der Waals surface area contributed by atoms with Crippen molar-refractivity contribution in [3.63, 3.8) is 0 Å². The topological polar surface area (TPSA) is 15.3 Å². The summed E-state index contributed by atoms with van der Waals surface area (Å²) in [6.45, 7) is 6.18. The van der Waals surface area contributed by atoms with Crippen molar-refractivity contribution in [3.8, 4) is 0 Å². The summed E-state index contributed by atoms with van der Waals surface area (Å²) < 4.78 is 14.9. The molecule has 0 amide bonds. The number of rotatable bonds is 5. The van der Waals surface area contributed by atoms with Crippen LogP contribution in [0.4, 0.5) is 4.39 Å². The molecule has 0 saturated carbocycles. The first-order chi connectivity index (χ1) is 9.24. The summed E-state index contributed by atoms with van der Waals surface area (Å²) in [4.78, 5) is 2.41. The van der Waals surface area contributed by atoms with Crippen LogP contribution in [0.25, 0.3) is 0 Å². The molecule has 1 fully saturated rings. The molecule has 19 heavy (non-hydrogen) atoms. The molecule has 4 heteroatoms. The summed E-state index contributed by atoms with van der Waals surface area (Å²) in [7, 11) is 0. The molecule has 0 radical (unpaired) electrons. The first-order valence-electron chi connectivity index (χ1n) is 7.12. The number of piperazine rings is 1. The molecule has 0 bridgehead atoms. The van der Waals surface area contributed by atoms with Crippen molar-refractivity contribution in [1.82, 2.24) is 10.2 Å². The van der Waals surface area contributed by atoms with Crippen LogP contribution in [0.15, 0.2) is 22.7 Å². The zero-order valence-corrected chi connectivity index (χ0v) is 13.0. The highest BCUT2D eigenvalue weighted by Gasteiger charge is 2.24. The summed E-state index contributed by atoms with van der Waals surface area (Å²) in [5.74, 6) is -0.0952. The van der Waals surface area contributed by atoms with Crippen molar-refractivity contribution < 1.29 is 4.39 Å². The number of hydrogen-bond donors (Lipinski definition) is 1. The van der Waals surface area contributed by atoms with Crippen LogP contribution in [0.1, 0.15) is 37.8 Å². The fourth-order valence-electron chi connectivity index (χ4n) is 2.70. The van der Waals surface area contributed by atoms with Crippen LogP contribution >= 0.6 is 15.9 Å². The minimum absolute atomic E-state index is 0.0952. The van der Waals surface area contributed by atoms with Gasteiger partial charge in [0.05, 0.1) is 4.47 Å². The second-order valence-electron chi connectivity index (χ2n) is 5.09. The Morgan fingerprint density at radius 2 is 2.11 bits per heavy atom. The Morgan fingerprint density at radius 3 is 2.79 bits per heavy atom. The van der Waals surface area contributed by atoms with Gasteiger partial charge in [-0.05, 0) is 28.4 Å². The smallest absolute Gasteiger partial charge is 0.142 e. The lowest BCUT2D eigenvalue weighted by atomic mass is 9.98. The predicted molar refractivity (Wildman–Crippen MR) is 80.8 cm³/mol. The predicted octanol–water partition coefficient (Wildman–Crippen LogP) is 3.72. The van der Waals surface area contributed by atoms with E-state index in [2.05, 4.69) is 33.1 Å². The zero-order valence-electron chi connectivity index (χ0n) is 11.5. The third kappa shape index (κ3) is 3.77. The van der Waals surface area contributed by atoms with Crippen molar-refractivity contribution in [3.05, 3.63) is 34.1 Å². The molecule has 0 unspecified atom stereocenters. The van der Waals surface area contributed by atoms with E-state index < -0.39 is 0 Å². The lowest BCUT2D eigenvalue weighted by Crippen LogP contribution is -2.45. The Bertz CT molecular complexity index is 405. The van der Waals surface area contributed by atoms with Gasteiger partial charge in [-0.15, -0.1) is 0 Å². The van der Waals surface area contributed by atoms with Gasteiger partial charge in [-0.1, -0.05) is 31.9 Å². The minimum atomic E-state index is -0.0952. The molecule has 1 aromatic rings. The molecule has 106 valence electrons. The standard InChI is InChI=1S/C15H22BrFN2/c1-2-3-7-14(19-10-8-18-9-11-19)12-5-4-6-13(16)15(12)17/h4-6,14,18H,2-3,7-11H2,1H3/t14-/m1/s1. The van der Waals surface area contributed by atoms with E-state index in [0.717, 1.165) is 51.0 Å². The number of halogens is 2. The van der Waals surface area contributed by atoms with E-state index in [9.17, 15) is 4.39 Å². The Kier molecular flexibility index (Phi) is 5.79. The van der Waals surface area contributed by atoms with E-state index in [4.69, 9.17) is 0 Å². The van der Waals surface area contributed by atoms with Crippen LogP contribution in [0.5, 0.6) is 0 Å². The minimum Gasteiger partial charge on any atom is -0.314 e. The van der Waals surface area contributed by atoms with Gasteiger partial charge >= 0.3 is 0 Å². The van der Waals surface area contributed by atoms with E-state index in [1.165, 1.54) is 0 Å². The number of nitrogens with zero attached hydrogens (tertiary/aromatic N) is 1. The largest absolute Gasteiger partial charge is 0.314 e. The maximum Gasteiger partial charge on any atom is 0.142 e. The second-order valence-corrected chi connectivity index (χ2v) is 5.94. The van der Waals surface area contributed by atoms with Gasteiger partial charge in [0.2, 0.25) is 0 Å². The van der Waals surface area contributed by atoms with E-state index in [1.54, 1.807) is 6.07 Å². The number of nitrogens with one attached hydrogen (secondary N) is 1. The second kappa shape index (κ2) is 7.36. The van der Waals surface area contributed by atoms with Crippen molar-refractivity contribution >= 4 is 15.9 Å². The van der Waals surface area contributed by atoms with E-state index in [1.807, 2.05) is 12.1 Å². The van der Waals surface area contributed by atoms with Crippen molar-refractivity contribution in [2.75, 3.05) is 26.2 Å². The van der Waals surface area contributed by atoms with Gasteiger partial charge in [0.1, 0.15) is 5.82 Å². The lowest BCUT2D eigenvalue weighted by Gasteiger charge is -2.35. The van der Waals surface area contributed by atoms with E-state index in [-0.39, 0.29) is 11.9 Å². The normalized spacial score (nSPS) is 18.5. The molecule has 2 nitrogen and oxygen atoms in total. The van der Waals surface area contributed by atoms with Gasteiger partial charge < -0.3 is 5.32 Å². The van der Waals surface area contributed by atoms with Crippen LogP contribution in [-0.2, 0) is 0 Å². The first kappa shape index (κ1) is 14.9. The van der Waals surface area contributed by atoms with Gasteiger partial charge in [0, 0.05) is 37.8 Å². The van der Waals surface area contributed by atoms with Crippen molar-refractivity contribution in [2.45, 2.75) is 32.2 Å². The molecule has 1 aliphatic rings. The quantitative estimate of drug-likeness (QED) is 0.886. The van der Waals surface area contributed by atoms with Crippen molar-refractivity contribution in [2.24, 2.45) is 0 Å². The summed E-state index contributed by atoms with van der Waals surface area (Å²) in [5, 5.41) is 3.36. The molecular weight excluding hydrogens is 307 g/mol. The van der Waals surface area contributed by atoms with Gasteiger partial charge in [0.25, 0.3) is 0 Å². The molecule has 0 aliphatic carbocycles. The molecule has 0 spiro atoms. The summed E-state index contributed by atoms with van der Waals surface area (Å²) in [6, 6.07) is 5.85. The maximum absolute atomic E-state index is 14.3. The molecule has 1 heterocycles. The Hall–Kier alpha value is -0.450. The summed E-state index contributed by atoms with van der Waals surface area (Å²) >= 11 is 3.30. The highest BCUT2D eigenvalue weighted by atomic mass is 79.9. The van der Waals surface area contributed by atoms with Gasteiger partial charge in [0.15, 0.2) is 0 Å². The Balaban J connectivity index is 2.22. The van der Waals surface area contributed by atoms with Gasteiger partial charge in [-0.25, -0.2) is 4.39 Å². The highest BCUT2D eigenvalue weighted by molar-refractivity contribution is 9.10. The third-order valence-corrected chi connectivity index (χ3v) is 4.38. The average molecular weight is 329 g/mol. The van der Waals surface area contributed by atoms with Crippen LogP contribution in [0.3, 0.4) is 0 Å². The van der Waals surface area contributed by atoms with E-state index >= 15 is 0 Å². The maximum atomic E-state index is 14.3. The molecule has 1 N–H and O–H groups in total. The Morgan fingerprint density at radius 1 is 1.37 bits per heavy atom. The fourth-order valence-corrected chi connectivity index (χ4v) is 3.09. The third-order valence-electron chi connectivity index (χ3n) is 3.76. The lowest BCUT2D eigenvalue weighted by molar-refractivity contribution is 0.160. The molecule has 1 atom stereocenters. The first-order valence-corrected chi connectivity index (χ1v) is 7.92. The number of unbranched alkanes of at least 4 members (excludes halogenated alkanes) is 1. The summed E-state index contributed by atoms with van der Waals surface area (Å²) in [6.07, 6.45) is 3.32. The van der Waals surface area contributed by atoms with E-state index in [0.29, 0.717) is 4.47 Å². The SMILES string of the molecule is CCCC[C@H](c1cccc(Br)c1F)N1CCNCC1. The van der Waals surface area contributed by atoms with Crippen molar-refractivity contribution in [1.29, 1.82) is 0 Å². The average Bonchev–Trinajstić information content (AvgIpc) is 2.45. The number of hydrogen-bond acceptors (Lipinski definition) is 2. The van der Waals surface area contributed by atoms with Crippen LogP contribution in [0, 0.1) is 5.82 Å². The molecule has 1 aliphatic heterocycles. The van der Waals surface area contributed by atoms with Crippen LogP contribution in [0.2, 0.25) is 0 Å². The molecule has 1 saturated heterocycles. The van der Waals surface area contributed by atoms with Gasteiger partial charge in [-0.2, -0.15) is 0 Å². The molecule has 2 rings (SSSR count). The summed E-state index contributed by atoms with van der Waals surface area (Å²) in [5.41, 5.74) is 0.838.